The molecule has 98 valence electrons. The van der Waals surface area contributed by atoms with E-state index in [1.807, 2.05) is 6.92 Å². The zero-order valence-electron chi connectivity index (χ0n) is 10.8. The number of halogens is 2. The minimum absolute atomic E-state index is 0.108. The molecule has 0 aliphatic carbocycles. The van der Waals surface area contributed by atoms with Gasteiger partial charge in [0.1, 0.15) is 10.6 Å². The summed E-state index contributed by atoms with van der Waals surface area (Å²) >= 11 is 6.10. The van der Waals surface area contributed by atoms with Crippen LogP contribution in [0.3, 0.4) is 0 Å². The van der Waals surface area contributed by atoms with Crippen LogP contribution in [0.15, 0.2) is 23.5 Å². The maximum Gasteiger partial charge on any atom is 0.158 e. The van der Waals surface area contributed by atoms with Gasteiger partial charge in [0.25, 0.3) is 0 Å². The Hall–Kier alpha value is -0.400. The highest BCUT2D eigenvalue weighted by molar-refractivity contribution is 7.18. The van der Waals surface area contributed by atoms with Gasteiger partial charge < -0.3 is 4.90 Å². The average molecular weight is 280 g/mol. The van der Waals surface area contributed by atoms with Crippen molar-refractivity contribution < 1.29 is 9.18 Å². The second-order valence-electron chi connectivity index (χ2n) is 4.39. The van der Waals surface area contributed by atoms with Crippen LogP contribution < -0.4 is 0 Å². The molecule has 0 aromatic carbocycles. The monoisotopic (exact) mass is 279 g/mol. The second kappa shape index (κ2) is 6.51. The van der Waals surface area contributed by atoms with Crippen molar-refractivity contribution >= 4 is 26.6 Å². The fourth-order valence-corrected chi connectivity index (χ4v) is 2.18. The predicted molar refractivity (Wildman–Crippen MR) is 74.6 cm³/mol. The number of hydrogen-bond donors (Lipinski definition) is 0. The molecule has 3 atom stereocenters. The lowest BCUT2D eigenvalue weighted by Crippen LogP contribution is -2.31. The van der Waals surface area contributed by atoms with Gasteiger partial charge in [-0.15, -0.1) is 0 Å². The number of hydrogen-bond acceptors (Lipinski definition) is 2. The molecule has 0 radical (unpaired) electrons. The summed E-state index contributed by atoms with van der Waals surface area (Å²) in [5.74, 6) is -0.108. The Morgan fingerprint density at radius 3 is 2.41 bits per heavy atom. The molecule has 3 unspecified atom stereocenters. The SMILES string of the molecule is C=CN(/C(Cl)=C(\C)C(C)=O)C(C)CC(C)(F)P. The lowest BCUT2D eigenvalue weighted by molar-refractivity contribution is -0.113. The van der Waals surface area contributed by atoms with Crippen LogP contribution in [0, 0.1) is 0 Å². The lowest BCUT2D eigenvalue weighted by Gasteiger charge is -2.30. The van der Waals surface area contributed by atoms with Crippen molar-refractivity contribution in [3.05, 3.63) is 23.5 Å². The van der Waals surface area contributed by atoms with Gasteiger partial charge >= 0.3 is 0 Å². The molecule has 0 N–H and O–H groups in total. The summed E-state index contributed by atoms with van der Waals surface area (Å²) in [6.07, 6.45) is 1.78. The number of allylic oxidation sites excluding steroid dienone is 1. The van der Waals surface area contributed by atoms with E-state index in [1.54, 1.807) is 11.8 Å². The molecule has 17 heavy (non-hydrogen) atoms. The van der Waals surface area contributed by atoms with Gasteiger partial charge in [0.2, 0.25) is 0 Å². The smallest absolute Gasteiger partial charge is 0.158 e. The Morgan fingerprint density at radius 2 is 2.12 bits per heavy atom. The van der Waals surface area contributed by atoms with Crippen LogP contribution in [0.2, 0.25) is 0 Å². The van der Waals surface area contributed by atoms with E-state index in [0.29, 0.717) is 10.7 Å². The minimum atomic E-state index is -1.37. The molecule has 5 heteroatoms. The molecule has 0 aromatic heterocycles. The Balaban J connectivity index is 5.03. The predicted octanol–water partition coefficient (Wildman–Crippen LogP) is 3.83. The lowest BCUT2D eigenvalue weighted by atomic mass is 10.1. The van der Waals surface area contributed by atoms with E-state index in [2.05, 4.69) is 15.8 Å². The topological polar surface area (TPSA) is 20.3 Å². The maximum atomic E-state index is 13.5. The summed E-state index contributed by atoms with van der Waals surface area (Å²) in [4.78, 5) is 12.8. The molecule has 0 heterocycles. The van der Waals surface area contributed by atoms with Gasteiger partial charge in [0, 0.05) is 18.0 Å². The van der Waals surface area contributed by atoms with Crippen LogP contribution in [0.1, 0.15) is 34.1 Å². The standard InChI is InChI=1S/C12H20ClFNOP/c1-6-15(8(2)7-12(5,14)17)11(13)9(3)10(4)16/h6,8H,1,7,17H2,2-5H3/b11-9+. The third kappa shape index (κ3) is 5.65. The third-order valence-electron chi connectivity index (χ3n) is 2.43. The number of rotatable bonds is 6. The highest BCUT2D eigenvalue weighted by Crippen LogP contribution is 2.30. The van der Waals surface area contributed by atoms with Crippen LogP contribution in [-0.2, 0) is 4.79 Å². The highest BCUT2D eigenvalue weighted by Gasteiger charge is 2.24. The number of Topliss-reactive ketones (excluding diaryl/α,β-unsaturated/α-hetero) is 1. The van der Waals surface area contributed by atoms with Crippen molar-refractivity contribution in [1.82, 2.24) is 4.90 Å². The number of carbonyl (C=O) groups excluding carboxylic acids is 1. The summed E-state index contributed by atoms with van der Waals surface area (Å²) in [5, 5.41) is -1.07. The molecule has 0 saturated heterocycles. The first kappa shape index (κ1) is 16.6. The first-order valence-corrected chi connectivity index (χ1v) is 6.31. The molecule has 0 amide bonds. The van der Waals surface area contributed by atoms with Crippen LogP contribution in [0.5, 0.6) is 0 Å². The summed E-state index contributed by atoms with van der Waals surface area (Å²) in [6, 6.07) is -0.179. The molecule has 0 saturated carbocycles. The first-order valence-electron chi connectivity index (χ1n) is 5.36. The van der Waals surface area contributed by atoms with Crippen molar-refractivity contribution in [2.24, 2.45) is 0 Å². The van der Waals surface area contributed by atoms with Gasteiger partial charge in [-0.3, -0.25) is 4.79 Å². The summed E-state index contributed by atoms with van der Waals surface area (Å²) in [6.45, 7) is 10.0. The van der Waals surface area contributed by atoms with Crippen LogP contribution >= 0.6 is 20.8 Å². The van der Waals surface area contributed by atoms with Crippen molar-refractivity contribution in [2.75, 3.05) is 0 Å². The first-order chi connectivity index (χ1) is 7.60. The molecular weight excluding hydrogens is 260 g/mol. The van der Waals surface area contributed by atoms with E-state index in [-0.39, 0.29) is 18.2 Å². The highest BCUT2D eigenvalue weighted by atomic mass is 35.5. The van der Waals surface area contributed by atoms with Crippen molar-refractivity contribution in [3.63, 3.8) is 0 Å². The van der Waals surface area contributed by atoms with Gasteiger partial charge in [0.15, 0.2) is 5.78 Å². The molecule has 0 aliphatic rings. The fraction of sp³-hybridized carbons (Fsp3) is 0.583. The molecular formula is C12H20ClFNOP. The number of carbonyl (C=O) groups is 1. The van der Waals surface area contributed by atoms with Gasteiger partial charge in [0.05, 0.1) is 0 Å². The van der Waals surface area contributed by atoms with E-state index in [4.69, 9.17) is 11.6 Å². The minimum Gasteiger partial charge on any atom is -0.336 e. The average Bonchev–Trinajstić information content (AvgIpc) is 2.14. The summed E-state index contributed by atoms with van der Waals surface area (Å²) in [5.41, 5.74) is 0.447. The zero-order chi connectivity index (χ0) is 13.8. The quantitative estimate of drug-likeness (QED) is 0.418. The van der Waals surface area contributed by atoms with Crippen molar-refractivity contribution in [1.29, 1.82) is 0 Å². The number of nitrogens with zero attached hydrogens (tertiary/aromatic N) is 1. The van der Waals surface area contributed by atoms with E-state index >= 15 is 0 Å². The van der Waals surface area contributed by atoms with Gasteiger partial charge in [-0.05, 0) is 33.9 Å². The van der Waals surface area contributed by atoms with Crippen molar-refractivity contribution in [3.8, 4) is 0 Å². The van der Waals surface area contributed by atoms with E-state index in [1.165, 1.54) is 20.0 Å². The molecule has 0 spiro atoms. The van der Waals surface area contributed by atoms with Crippen LogP contribution in [0.25, 0.3) is 0 Å². The fourth-order valence-electron chi connectivity index (χ4n) is 1.47. The van der Waals surface area contributed by atoms with E-state index in [9.17, 15) is 9.18 Å². The Kier molecular flexibility index (Phi) is 6.36. The molecule has 0 bridgehead atoms. The summed E-state index contributed by atoms with van der Waals surface area (Å²) < 4.78 is 13.5. The van der Waals surface area contributed by atoms with Crippen LogP contribution in [0.4, 0.5) is 4.39 Å². The Morgan fingerprint density at radius 1 is 1.65 bits per heavy atom. The normalized spacial score (nSPS) is 17.8. The molecule has 0 aromatic rings. The van der Waals surface area contributed by atoms with E-state index in [0.717, 1.165) is 0 Å². The van der Waals surface area contributed by atoms with Gasteiger partial charge in [-0.2, -0.15) is 0 Å². The maximum absolute atomic E-state index is 13.5. The van der Waals surface area contributed by atoms with Gasteiger partial charge in [-0.25, -0.2) is 4.39 Å². The van der Waals surface area contributed by atoms with Gasteiger partial charge in [-0.1, -0.05) is 27.4 Å². The van der Waals surface area contributed by atoms with Crippen molar-refractivity contribution in [2.45, 2.75) is 45.6 Å². The van der Waals surface area contributed by atoms with E-state index < -0.39 is 5.41 Å². The second-order valence-corrected chi connectivity index (χ2v) is 5.95. The zero-order valence-corrected chi connectivity index (χ0v) is 12.7. The van der Waals surface area contributed by atoms with Crippen LogP contribution in [-0.4, -0.2) is 22.1 Å². The third-order valence-corrected chi connectivity index (χ3v) is 3.14. The summed E-state index contributed by atoms with van der Waals surface area (Å²) in [7, 11) is 2.15. The number of ketones is 1. The molecule has 0 rings (SSSR count). The molecule has 0 fully saturated rings. The Bertz CT molecular complexity index is 336. The molecule has 0 aliphatic heterocycles. The Labute approximate surface area is 110 Å². The largest absolute Gasteiger partial charge is 0.336 e. The molecule has 2 nitrogen and oxygen atoms in total. The number of alkyl halides is 1.